The largest absolute Gasteiger partial charge is 0.310 e. The monoisotopic (exact) mass is 913 g/mol. The average molecular weight is 914 g/mol. The van der Waals surface area contributed by atoms with Gasteiger partial charge in [-0.3, -0.25) is 0 Å². The second-order valence-corrected chi connectivity index (χ2v) is 16.6. The van der Waals surface area contributed by atoms with Gasteiger partial charge in [-0.15, -0.1) is 0 Å². The van der Waals surface area contributed by atoms with Gasteiger partial charge in [0.05, 0.1) is 11.0 Å². The van der Waals surface area contributed by atoms with Gasteiger partial charge in [-0.2, -0.15) is 0 Å². The van der Waals surface area contributed by atoms with Gasteiger partial charge in [-0.25, -0.2) is 26.3 Å². The molecule has 0 saturated carbocycles. The van der Waals surface area contributed by atoms with Crippen LogP contribution in [0.3, 0.4) is 0 Å². The van der Waals surface area contributed by atoms with Crippen LogP contribution in [0, 0.1) is 34.9 Å². The van der Waals surface area contributed by atoms with Crippen molar-refractivity contribution in [3.63, 3.8) is 0 Å². The molecule has 10 aromatic carbocycles. The molecular formula is C60H37F6N3. The van der Waals surface area contributed by atoms with Crippen molar-refractivity contribution in [2.75, 3.05) is 9.80 Å². The second-order valence-electron chi connectivity index (χ2n) is 16.6. The van der Waals surface area contributed by atoms with E-state index in [1.54, 1.807) is 12.1 Å². The van der Waals surface area contributed by atoms with Gasteiger partial charge in [0.15, 0.2) is 34.9 Å². The molecule has 1 heterocycles. The first-order chi connectivity index (χ1) is 33.7. The lowest BCUT2D eigenvalue weighted by atomic mass is 9.93. The van der Waals surface area contributed by atoms with Crippen LogP contribution in [-0.4, -0.2) is 4.57 Å². The average Bonchev–Trinajstić information content (AvgIpc) is 3.71. The fourth-order valence-electron chi connectivity index (χ4n) is 9.13. The Bertz CT molecular complexity index is 3330. The Hall–Kier alpha value is -8.82. The zero-order valence-corrected chi connectivity index (χ0v) is 36.5. The molecule has 0 aliphatic carbocycles. The summed E-state index contributed by atoms with van der Waals surface area (Å²) in [6.07, 6.45) is 0. The summed E-state index contributed by atoms with van der Waals surface area (Å²) in [6, 6.07) is 69.7. The van der Waals surface area contributed by atoms with E-state index in [1.807, 2.05) is 97.1 Å². The molecule has 0 unspecified atom stereocenters. The molecule has 11 rings (SSSR count). The molecule has 0 amide bonds. The van der Waals surface area contributed by atoms with Crippen molar-refractivity contribution >= 4 is 55.9 Å². The van der Waals surface area contributed by atoms with E-state index in [2.05, 4.69) is 99.3 Å². The fourth-order valence-corrected chi connectivity index (χ4v) is 9.13. The quantitative estimate of drug-likeness (QED) is 0.100. The summed E-state index contributed by atoms with van der Waals surface area (Å²) in [5, 5.41) is 2.00. The van der Waals surface area contributed by atoms with Crippen molar-refractivity contribution in [1.29, 1.82) is 0 Å². The molecular weight excluding hydrogens is 877 g/mol. The molecule has 11 aromatic rings. The molecule has 0 N–H and O–H groups in total. The SMILES string of the molecule is Fc1cc(-c2cc(-c3ccc(-n4c5ccc(N(c6ccccc6)c6ccccc6)cc5c5cc(N(c6ccccc6)c6ccccc6)ccc54)cc3)cc(-c3cc(F)c(F)c(F)c3)c2)cc(F)c1F. The van der Waals surface area contributed by atoms with Gasteiger partial charge in [0.1, 0.15) is 0 Å². The Morgan fingerprint density at radius 3 is 0.899 bits per heavy atom. The number of nitrogens with zero attached hydrogens (tertiary/aromatic N) is 3. The van der Waals surface area contributed by atoms with E-state index < -0.39 is 34.9 Å². The third-order valence-corrected chi connectivity index (χ3v) is 12.3. The summed E-state index contributed by atoms with van der Waals surface area (Å²) >= 11 is 0. The molecule has 0 saturated heterocycles. The van der Waals surface area contributed by atoms with Crippen molar-refractivity contribution in [2.45, 2.75) is 0 Å². The minimum absolute atomic E-state index is 0.00520. The highest BCUT2D eigenvalue weighted by molar-refractivity contribution is 6.12. The smallest absolute Gasteiger partial charge is 0.194 e. The molecule has 0 radical (unpaired) electrons. The molecule has 69 heavy (non-hydrogen) atoms. The standard InChI is InChI=1S/C60H37F6N3/c61-53-32-42(33-54(62)59(53)65)40-29-39(30-41(31-40)43-34-55(63)60(66)56(64)35-43)38-21-23-48(24-22-38)69-57-27-25-49(67(44-13-5-1-6-14-44)45-15-7-2-8-16-45)36-51(57)52-37-50(26-28-58(52)69)68(46-17-9-3-10-18-46)47-19-11-4-12-20-47/h1-37H. The van der Waals surface area contributed by atoms with Crippen LogP contribution in [0.25, 0.3) is 60.9 Å². The number of benzene rings is 10. The number of rotatable bonds is 10. The molecule has 9 heteroatoms. The number of aromatic nitrogens is 1. The molecule has 334 valence electrons. The van der Waals surface area contributed by atoms with E-state index in [1.165, 1.54) is 6.07 Å². The maximum atomic E-state index is 14.6. The third kappa shape index (κ3) is 8.04. The van der Waals surface area contributed by atoms with E-state index in [0.717, 1.165) is 85.9 Å². The lowest BCUT2D eigenvalue weighted by molar-refractivity contribution is 0.447. The number of para-hydroxylation sites is 4. The maximum absolute atomic E-state index is 14.6. The Kier molecular flexibility index (Phi) is 11.0. The number of fused-ring (bicyclic) bond motifs is 3. The van der Waals surface area contributed by atoms with Crippen LogP contribution in [-0.2, 0) is 0 Å². The molecule has 0 aliphatic rings. The third-order valence-electron chi connectivity index (χ3n) is 12.3. The van der Waals surface area contributed by atoms with Gasteiger partial charge in [0, 0.05) is 50.6 Å². The first kappa shape index (κ1) is 42.8. The topological polar surface area (TPSA) is 11.4 Å². The maximum Gasteiger partial charge on any atom is 0.194 e. The fraction of sp³-hybridized carbons (Fsp3) is 0. The number of hydrogen-bond acceptors (Lipinski definition) is 2. The lowest BCUT2D eigenvalue weighted by Gasteiger charge is -2.26. The van der Waals surface area contributed by atoms with Gasteiger partial charge >= 0.3 is 0 Å². The molecule has 0 aliphatic heterocycles. The Morgan fingerprint density at radius 1 is 0.261 bits per heavy atom. The van der Waals surface area contributed by atoms with Crippen molar-refractivity contribution in [2.24, 2.45) is 0 Å². The van der Waals surface area contributed by atoms with Crippen molar-refractivity contribution < 1.29 is 26.3 Å². The van der Waals surface area contributed by atoms with Crippen LogP contribution in [0.2, 0.25) is 0 Å². The Labute approximate surface area is 393 Å². The summed E-state index contributed by atoms with van der Waals surface area (Å²) in [6.45, 7) is 0. The summed E-state index contributed by atoms with van der Waals surface area (Å²) in [5.74, 6) is -8.84. The van der Waals surface area contributed by atoms with E-state index in [9.17, 15) is 26.3 Å². The van der Waals surface area contributed by atoms with Crippen molar-refractivity contribution in [3.05, 3.63) is 259 Å². The van der Waals surface area contributed by atoms with Crippen molar-refractivity contribution in [3.8, 4) is 39.1 Å². The van der Waals surface area contributed by atoms with Gasteiger partial charge in [-0.1, -0.05) is 84.9 Å². The van der Waals surface area contributed by atoms with Crippen LogP contribution in [0.1, 0.15) is 0 Å². The van der Waals surface area contributed by atoms with Crippen LogP contribution < -0.4 is 9.80 Å². The molecule has 0 fully saturated rings. The number of hydrogen-bond donors (Lipinski definition) is 0. The lowest BCUT2D eigenvalue weighted by Crippen LogP contribution is -2.09. The normalized spacial score (nSPS) is 11.3. The molecule has 0 spiro atoms. The zero-order chi connectivity index (χ0) is 47.2. The van der Waals surface area contributed by atoms with Gasteiger partial charge < -0.3 is 14.4 Å². The van der Waals surface area contributed by atoms with Gasteiger partial charge in [-0.05, 0) is 173 Å². The van der Waals surface area contributed by atoms with Gasteiger partial charge in [0.25, 0.3) is 0 Å². The highest BCUT2D eigenvalue weighted by Crippen LogP contribution is 2.43. The van der Waals surface area contributed by atoms with Crippen LogP contribution in [0.15, 0.2) is 224 Å². The predicted octanol–water partition coefficient (Wildman–Crippen LogP) is 17.6. The van der Waals surface area contributed by atoms with E-state index in [0.29, 0.717) is 11.1 Å². The highest BCUT2D eigenvalue weighted by Gasteiger charge is 2.21. The van der Waals surface area contributed by atoms with Crippen LogP contribution in [0.5, 0.6) is 0 Å². The highest BCUT2D eigenvalue weighted by atomic mass is 19.2. The number of halogens is 6. The zero-order valence-electron chi connectivity index (χ0n) is 36.5. The summed E-state index contributed by atoms with van der Waals surface area (Å²) in [7, 11) is 0. The Morgan fingerprint density at radius 2 is 0.565 bits per heavy atom. The first-order valence-corrected chi connectivity index (χ1v) is 22.1. The van der Waals surface area contributed by atoms with Crippen molar-refractivity contribution in [1.82, 2.24) is 4.57 Å². The van der Waals surface area contributed by atoms with E-state index >= 15 is 0 Å². The predicted molar refractivity (Wildman–Crippen MR) is 266 cm³/mol. The summed E-state index contributed by atoms with van der Waals surface area (Å²) in [4.78, 5) is 4.46. The van der Waals surface area contributed by atoms with E-state index in [4.69, 9.17) is 0 Å². The summed E-state index contributed by atoms with van der Waals surface area (Å²) < 4.78 is 88.8. The molecule has 0 atom stereocenters. The Balaban J connectivity index is 1.09. The van der Waals surface area contributed by atoms with Crippen LogP contribution >= 0.6 is 0 Å². The van der Waals surface area contributed by atoms with Crippen LogP contribution in [0.4, 0.5) is 60.5 Å². The first-order valence-electron chi connectivity index (χ1n) is 22.1. The van der Waals surface area contributed by atoms with Gasteiger partial charge in [0.2, 0.25) is 0 Å². The minimum Gasteiger partial charge on any atom is -0.310 e. The summed E-state index contributed by atoms with van der Waals surface area (Å²) in [5.41, 5.74) is 10.3. The molecule has 1 aromatic heterocycles. The number of anilines is 6. The van der Waals surface area contributed by atoms with E-state index in [-0.39, 0.29) is 22.3 Å². The molecule has 3 nitrogen and oxygen atoms in total. The second kappa shape index (κ2) is 17.8. The minimum atomic E-state index is -1.62. The molecule has 0 bridgehead atoms.